The standard InChI is InChI=1S/C42H73N5O6S.2C2H6/c1-14-28(6)37(46(11)42(52)35(26(2)3)44-41(51)36(27(4)5)45(10)23-24-54-13)29(7)25-34(48)47-22-18-21-33(47)39(53-12)30(8)40(50)43-31(9)38(49)32-19-16-15-17-20-32;2*1-2/h15-17,19-20,26-31,33,35-39,49H,14,18,21-25H2,1-13H3,(H,43,50)(H,44,51);2*1-2H3/t28-,29?,30+,31+,33-,35-,36?,37?,38?,39?;;/m0../s1. The second-order valence-electron chi connectivity index (χ2n) is 16.3. The number of nitrogens with one attached hydrogen (secondary N) is 2. The molecule has 1 aromatic rings. The van der Waals surface area contributed by atoms with Gasteiger partial charge in [-0.1, -0.05) is 120 Å². The first-order valence-corrected chi connectivity index (χ1v) is 23.4. The summed E-state index contributed by atoms with van der Waals surface area (Å²) in [6.07, 6.45) is 3.21. The third kappa shape index (κ3) is 16.1. The molecule has 1 aliphatic rings. The van der Waals surface area contributed by atoms with Crippen molar-refractivity contribution in [3.8, 4) is 0 Å². The van der Waals surface area contributed by atoms with Crippen molar-refractivity contribution in [1.82, 2.24) is 25.3 Å². The van der Waals surface area contributed by atoms with Crippen LogP contribution in [0.5, 0.6) is 0 Å². The van der Waals surface area contributed by atoms with E-state index < -0.39 is 30.2 Å². The number of carbonyl (C=O) groups is 4. The number of rotatable bonds is 22. The number of aliphatic hydroxyl groups is 1. The molecule has 1 aromatic carbocycles. The zero-order valence-corrected chi connectivity index (χ0v) is 40.3. The number of amides is 4. The number of hydrogen-bond donors (Lipinski definition) is 3. The van der Waals surface area contributed by atoms with Gasteiger partial charge in [0.05, 0.1) is 36.3 Å². The maximum Gasteiger partial charge on any atom is 0.245 e. The van der Waals surface area contributed by atoms with E-state index in [1.54, 1.807) is 30.7 Å². The number of thioether (sulfide) groups is 1. The van der Waals surface area contributed by atoms with E-state index in [1.807, 2.05) is 125 Å². The molecular weight excluding hydrogens is 751 g/mol. The summed E-state index contributed by atoms with van der Waals surface area (Å²) in [6, 6.07) is 7.12. The van der Waals surface area contributed by atoms with Crippen LogP contribution in [-0.2, 0) is 23.9 Å². The quantitative estimate of drug-likeness (QED) is 0.111. The van der Waals surface area contributed by atoms with Gasteiger partial charge in [-0.15, -0.1) is 0 Å². The highest BCUT2D eigenvalue weighted by Gasteiger charge is 2.42. The lowest BCUT2D eigenvalue weighted by molar-refractivity contribution is -0.144. The number of methoxy groups -OCH3 is 1. The first kappa shape index (κ1) is 55.3. The minimum Gasteiger partial charge on any atom is -0.386 e. The molecule has 11 nitrogen and oxygen atoms in total. The highest BCUT2D eigenvalue weighted by atomic mass is 32.2. The molecule has 4 amide bonds. The summed E-state index contributed by atoms with van der Waals surface area (Å²) in [4.78, 5) is 61.4. The molecule has 0 aromatic heterocycles. The smallest absolute Gasteiger partial charge is 0.245 e. The van der Waals surface area contributed by atoms with Crippen molar-refractivity contribution < 1.29 is 29.0 Å². The third-order valence-corrected chi connectivity index (χ3v) is 12.1. The lowest BCUT2D eigenvalue weighted by Gasteiger charge is -2.41. The van der Waals surface area contributed by atoms with Crippen molar-refractivity contribution in [3.63, 3.8) is 0 Å². The molecule has 0 aliphatic carbocycles. The van der Waals surface area contributed by atoms with Crippen molar-refractivity contribution in [2.75, 3.05) is 46.3 Å². The summed E-state index contributed by atoms with van der Waals surface area (Å²) in [5, 5.41) is 16.9. The van der Waals surface area contributed by atoms with E-state index in [2.05, 4.69) is 29.4 Å². The molecule has 336 valence electrons. The van der Waals surface area contributed by atoms with E-state index in [0.29, 0.717) is 13.0 Å². The number of likely N-dealkylation sites (tertiary alicyclic amines) is 1. The summed E-state index contributed by atoms with van der Waals surface area (Å²) >= 11 is 1.74. The molecule has 3 N–H and O–H groups in total. The molecule has 5 unspecified atom stereocenters. The molecule has 1 aliphatic heterocycles. The van der Waals surface area contributed by atoms with Crippen LogP contribution in [0.2, 0.25) is 0 Å². The molecule has 58 heavy (non-hydrogen) atoms. The van der Waals surface area contributed by atoms with Crippen molar-refractivity contribution in [2.24, 2.45) is 29.6 Å². The lowest BCUT2D eigenvalue weighted by atomic mass is 9.84. The second kappa shape index (κ2) is 28.7. The lowest BCUT2D eigenvalue weighted by Crippen LogP contribution is -2.59. The maximum absolute atomic E-state index is 14.3. The predicted molar refractivity (Wildman–Crippen MR) is 243 cm³/mol. The van der Waals surface area contributed by atoms with Gasteiger partial charge in [-0.25, -0.2) is 0 Å². The minimum atomic E-state index is -0.863. The van der Waals surface area contributed by atoms with Gasteiger partial charge in [-0.05, 0) is 62.3 Å². The Hall–Kier alpha value is -2.67. The molecule has 0 radical (unpaired) electrons. The van der Waals surface area contributed by atoms with Gasteiger partial charge >= 0.3 is 0 Å². The average Bonchev–Trinajstić information content (AvgIpc) is 3.70. The van der Waals surface area contributed by atoms with Crippen molar-refractivity contribution in [1.29, 1.82) is 0 Å². The van der Waals surface area contributed by atoms with Gasteiger partial charge < -0.3 is 30.3 Å². The molecule has 10 atom stereocenters. The maximum atomic E-state index is 14.3. The number of likely N-dealkylation sites (N-methyl/N-ethyl adjacent to an activating group) is 2. The summed E-state index contributed by atoms with van der Waals surface area (Å²) in [7, 11) is 5.35. The summed E-state index contributed by atoms with van der Waals surface area (Å²) in [5.74, 6) is -0.365. The van der Waals surface area contributed by atoms with Crippen LogP contribution in [0.1, 0.15) is 127 Å². The van der Waals surface area contributed by atoms with Gasteiger partial charge in [0, 0.05) is 45.5 Å². The van der Waals surface area contributed by atoms with E-state index in [-0.39, 0.29) is 71.8 Å². The van der Waals surface area contributed by atoms with Gasteiger partial charge in [0.25, 0.3) is 0 Å². The molecule has 0 bridgehead atoms. The fourth-order valence-corrected chi connectivity index (χ4v) is 8.72. The Morgan fingerprint density at radius 2 is 1.48 bits per heavy atom. The Kier molecular flexibility index (Phi) is 27.4. The average molecular weight is 836 g/mol. The molecule has 0 spiro atoms. The zero-order valence-electron chi connectivity index (χ0n) is 39.5. The van der Waals surface area contributed by atoms with Gasteiger partial charge in [0.2, 0.25) is 23.6 Å². The van der Waals surface area contributed by atoms with E-state index in [1.165, 1.54) is 0 Å². The number of carbonyl (C=O) groups excluding carboxylic acids is 4. The Morgan fingerprint density at radius 1 is 0.897 bits per heavy atom. The van der Waals surface area contributed by atoms with Crippen LogP contribution in [0.3, 0.4) is 0 Å². The summed E-state index contributed by atoms with van der Waals surface area (Å²) in [6.45, 7) is 27.1. The van der Waals surface area contributed by atoms with Crippen LogP contribution < -0.4 is 10.6 Å². The fourth-order valence-electron chi connectivity index (χ4n) is 8.24. The highest BCUT2D eigenvalue weighted by Crippen LogP contribution is 2.31. The largest absolute Gasteiger partial charge is 0.386 e. The van der Waals surface area contributed by atoms with E-state index in [4.69, 9.17) is 4.74 Å². The Morgan fingerprint density at radius 3 is 1.98 bits per heavy atom. The molecule has 2 rings (SSSR count). The predicted octanol–water partition coefficient (Wildman–Crippen LogP) is 7.28. The van der Waals surface area contributed by atoms with Crippen LogP contribution in [0.4, 0.5) is 0 Å². The highest BCUT2D eigenvalue weighted by molar-refractivity contribution is 7.98. The zero-order chi connectivity index (χ0) is 44.9. The van der Waals surface area contributed by atoms with Gasteiger partial charge in [-0.3, -0.25) is 24.1 Å². The Balaban J connectivity index is 0.00000786. The summed E-state index contributed by atoms with van der Waals surface area (Å²) < 4.78 is 5.94. The Labute approximate surface area is 358 Å². The van der Waals surface area contributed by atoms with Crippen LogP contribution in [0.25, 0.3) is 0 Å². The molecule has 1 heterocycles. The number of nitrogens with zero attached hydrogens (tertiary/aromatic N) is 3. The number of aliphatic hydroxyl groups excluding tert-OH is 1. The first-order chi connectivity index (χ1) is 27.4. The second-order valence-corrected chi connectivity index (χ2v) is 17.3. The van der Waals surface area contributed by atoms with Crippen molar-refractivity contribution in [2.45, 2.75) is 158 Å². The van der Waals surface area contributed by atoms with Gasteiger partial charge in [0.1, 0.15) is 6.04 Å². The van der Waals surface area contributed by atoms with E-state index in [0.717, 1.165) is 30.7 Å². The monoisotopic (exact) mass is 836 g/mol. The number of benzene rings is 1. The van der Waals surface area contributed by atoms with E-state index >= 15 is 0 Å². The molecule has 0 saturated carbocycles. The Bertz CT molecular complexity index is 1320. The van der Waals surface area contributed by atoms with Crippen molar-refractivity contribution in [3.05, 3.63) is 35.9 Å². The fraction of sp³-hybridized carbons (Fsp3) is 0.783. The molecule has 1 fully saturated rings. The third-order valence-electron chi connectivity index (χ3n) is 11.5. The van der Waals surface area contributed by atoms with Gasteiger partial charge in [-0.2, -0.15) is 11.8 Å². The van der Waals surface area contributed by atoms with Crippen LogP contribution in [0, 0.1) is 29.6 Å². The molecule has 12 heteroatoms. The minimum absolute atomic E-state index is 0.0246. The van der Waals surface area contributed by atoms with Crippen LogP contribution in [-0.4, -0.2) is 126 Å². The number of ether oxygens (including phenoxy) is 1. The van der Waals surface area contributed by atoms with Crippen molar-refractivity contribution >= 4 is 35.4 Å². The van der Waals surface area contributed by atoms with E-state index in [9.17, 15) is 24.3 Å². The normalized spacial score (nSPS) is 18.6. The van der Waals surface area contributed by atoms with Gasteiger partial charge in [0.15, 0.2) is 0 Å². The topological polar surface area (TPSA) is 132 Å². The summed E-state index contributed by atoms with van der Waals surface area (Å²) in [5.41, 5.74) is 0.722. The van der Waals surface area contributed by atoms with Crippen LogP contribution >= 0.6 is 11.8 Å². The first-order valence-electron chi connectivity index (χ1n) is 22.0. The molecule has 1 saturated heterocycles. The molecular formula is C46H85N5O6S. The van der Waals surface area contributed by atoms with Crippen LogP contribution in [0.15, 0.2) is 30.3 Å². The SMILES string of the molecule is CC.CC.CC[C@H](C)C(C(C)CC(=O)N1CCC[C@H]1C(OC)[C@@H](C)C(=O)N[C@H](C)C(O)c1ccccc1)N(C)C(=O)[C@@H](NC(=O)C(C(C)C)N(C)CCSC)C(C)C. The number of hydrogen-bond acceptors (Lipinski definition) is 8.